The zero-order chi connectivity index (χ0) is 7.40. The molecule has 1 fully saturated rings. The minimum Gasteiger partial charge on any atom is -0.392 e. The van der Waals surface area contributed by atoms with E-state index in [4.69, 9.17) is 10.5 Å². The van der Waals surface area contributed by atoms with Crippen LogP contribution >= 0.6 is 0 Å². The van der Waals surface area contributed by atoms with Crippen molar-refractivity contribution in [3.63, 3.8) is 0 Å². The van der Waals surface area contributed by atoms with Crippen LogP contribution < -0.4 is 5.73 Å². The molecule has 0 amide bonds. The van der Waals surface area contributed by atoms with Gasteiger partial charge in [0.15, 0.2) is 0 Å². The number of ether oxygens (including phenoxy) is 1. The summed E-state index contributed by atoms with van der Waals surface area (Å²) in [5, 5.41) is 9.30. The highest BCUT2D eigenvalue weighted by atomic mass is 16.5. The first-order chi connectivity index (χ1) is 4.84. The van der Waals surface area contributed by atoms with Gasteiger partial charge in [0.05, 0.1) is 6.10 Å². The lowest BCUT2D eigenvalue weighted by molar-refractivity contribution is 0.0116. The fraction of sp³-hybridized carbons (Fsp3) is 1.00. The van der Waals surface area contributed by atoms with Crippen LogP contribution in [0.15, 0.2) is 0 Å². The molecule has 1 saturated heterocycles. The normalized spacial score (nSPS) is 24.6. The molecule has 3 nitrogen and oxygen atoms in total. The highest BCUT2D eigenvalue weighted by Gasteiger charge is 2.20. The maximum atomic E-state index is 9.30. The molecular formula is C7H15NO2. The molecule has 1 rings (SSSR count). The van der Waals surface area contributed by atoms with Gasteiger partial charge in [-0.1, -0.05) is 0 Å². The summed E-state index contributed by atoms with van der Waals surface area (Å²) in [4.78, 5) is 0. The largest absolute Gasteiger partial charge is 0.392 e. The predicted octanol–water partition coefficient (Wildman–Crippen LogP) is -0.267. The summed E-state index contributed by atoms with van der Waals surface area (Å²) < 4.78 is 5.14. The summed E-state index contributed by atoms with van der Waals surface area (Å²) in [7, 11) is 0. The Morgan fingerprint density at radius 2 is 2.10 bits per heavy atom. The summed E-state index contributed by atoms with van der Waals surface area (Å²) in [6.45, 7) is 1.94. The van der Waals surface area contributed by atoms with Gasteiger partial charge in [-0.05, 0) is 18.8 Å². The van der Waals surface area contributed by atoms with Gasteiger partial charge < -0.3 is 15.6 Å². The third-order valence-electron chi connectivity index (χ3n) is 2.05. The average Bonchev–Trinajstić information content (AvgIpc) is 2.05. The Labute approximate surface area is 61.2 Å². The van der Waals surface area contributed by atoms with Crippen molar-refractivity contribution in [2.24, 2.45) is 11.7 Å². The molecule has 0 saturated carbocycles. The summed E-state index contributed by atoms with van der Waals surface area (Å²) in [6.07, 6.45) is 1.60. The van der Waals surface area contributed by atoms with Crippen molar-refractivity contribution in [1.82, 2.24) is 0 Å². The summed E-state index contributed by atoms with van der Waals surface area (Å²) in [5.41, 5.74) is 5.31. The predicted molar refractivity (Wildman–Crippen MR) is 38.6 cm³/mol. The smallest absolute Gasteiger partial charge is 0.0692 e. The molecule has 60 valence electrons. The summed E-state index contributed by atoms with van der Waals surface area (Å²) in [5.74, 6) is 0.374. The van der Waals surface area contributed by atoms with E-state index in [1.165, 1.54) is 0 Å². The lowest BCUT2D eigenvalue weighted by Crippen LogP contribution is -2.32. The van der Waals surface area contributed by atoms with Crippen molar-refractivity contribution in [1.29, 1.82) is 0 Å². The van der Waals surface area contributed by atoms with Crippen molar-refractivity contribution >= 4 is 0 Å². The van der Waals surface area contributed by atoms with E-state index in [9.17, 15) is 5.11 Å². The molecule has 0 aromatic carbocycles. The first-order valence-corrected chi connectivity index (χ1v) is 3.80. The van der Waals surface area contributed by atoms with Gasteiger partial charge in [-0.25, -0.2) is 0 Å². The van der Waals surface area contributed by atoms with E-state index in [-0.39, 0.29) is 6.10 Å². The number of aliphatic hydroxyl groups is 1. The van der Waals surface area contributed by atoms with Crippen molar-refractivity contribution in [3.05, 3.63) is 0 Å². The summed E-state index contributed by atoms with van der Waals surface area (Å²) in [6, 6.07) is 0. The number of rotatable bonds is 2. The Kier molecular flexibility index (Phi) is 3.12. The molecule has 0 radical (unpaired) electrons. The second kappa shape index (κ2) is 3.91. The van der Waals surface area contributed by atoms with Crippen LogP contribution in [0, 0.1) is 5.92 Å². The SMILES string of the molecule is NCC(O)C1CCOCC1. The van der Waals surface area contributed by atoms with E-state index in [0.29, 0.717) is 12.5 Å². The first-order valence-electron chi connectivity index (χ1n) is 3.80. The molecule has 1 heterocycles. The van der Waals surface area contributed by atoms with Crippen LogP contribution in [0.1, 0.15) is 12.8 Å². The van der Waals surface area contributed by atoms with Gasteiger partial charge in [-0.15, -0.1) is 0 Å². The quantitative estimate of drug-likeness (QED) is 0.562. The van der Waals surface area contributed by atoms with Crippen molar-refractivity contribution in [2.45, 2.75) is 18.9 Å². The molecule has 1 unspecified atom stereocenters. The fourth-order valence-electron chi connectivity index (χ4n) is 1.29. The van der Waals surface area contributed by atoms with E-state index < -0.39 is 0 Å². The molecule has 0 aliphatic carbocycles. The molecule has 3 heteroatoms. The van der Waals surface area contributed by atoms with Crippen molar-refractivity contribution < 1.29 is 9.84 Å². The maximum absolute atomic E-state index is 9.30. The topological polar surface area (TPSA) is 55.5 Å². The lowest BCUT2D eigenvalue weighted by atomic mass is 9.94. The molecular weight excluding hydrogens is 130 g/mol. The first kappa shape index (κ1) is 7.98. The number of nitrogens with two attached hydrogens (primary N) is 1. The van der Waals surface area contributed by atoms with E-state index in [1.807, 2.05) is 0 Å². The van der Waals surface area contributed by atoms with Crippen LogP contribution in [0.5, 0.6) is 0 Å². The minimum atomic E-state index is -0.316. The molecule has 0 aromatic rings. The van der Waals surface area contributed by atoms with Crippen LogP contribution in [0.2, 0.25) is 0 Å². The van der Waals surface area contributed by atoms with Gasteiger partial charge in [-0.3, -0.25) is 0 Å². The van der Waals surface area contributed by atoms with Gasteiger partial charge in [-0.2, -0.15) is 0 Å². The van der Waals surface area contributed by atoms with Gasteiger partial charge in [0, 0.05) is 19.8 Å². The minimum absolute atomic E-state index is 0.316. The Hall–Kier alpha value is -0.120. The third-order valence-corrected chi connectivity index (χ3v) is 2.05. The molecule has 0 aromatic heterocycles. The summed E-state index contributed by atoms with van der Waals surface area (Å²) >= 11 is 0. The van der Waals surface area contributed by atoms with Crippen molar-refractivity contribution in [2.75, 3.05) is 19.8 Å². The van der Waals surface area contributed by atoms with Gasteiger partial charge in [0.1, 0.15) is 0 Å². The Morgan fingerprint density at radius 3 is 2.60 bits per heavy atom. The van der Waals surface area contributed by atoms with Gasteiger partial charge in [0.2, 0.25) is 0 Å². The number of hydrogen-bond acceptors (Lipinski definition) is 3. The van der Waals surface area contributed by atoms with E-state index >= 15 is 0 Å². The van der Waals surface area contributed by atoms with E-state index in [1.54, 1.807) is 0 Å². The van der Waals surface area contributed by atoms with Crippen LogP contribution in [0.3, 0.4) is 0 Å². The van der Waals surface area contributed by atoms with Crippen LogP contribution in [0.4, 0.5) is 0 Å². The maximum Gasteiger partial charge on any atom is 0.0692 e. The lowest BCUT2D eigenvalue weighted by Gasteiger charge is -2.25. The molecule has 10 heavy (non-hydrogen) atoms. The zero-order valence-electron chi connectivity index (χ0n) is 6.12. The zero-order valence-corrected chi connectivity index (χ0v) is 6.12. The number of aliphatic hydroxyl groups excluding tert-OH is 1. The highest BCUT2D eigenvalue weighted by molar-refractivity contribution is 4.71. The highest BCUT2D eigenvalue weighted by Crippen LogP contribution is 2.17. The molecule has 3 N–H and O–H groups in total. The molecule has 1 atom stereocenters. The van der Waals surface area contributed by atoms with Gasteiger partial charge >= 0.3 is 0 Å². The third kappa shape index (κ3) is 1.94. The standard InChI is InChI=1S/C7H15NO2/c8-5-7(9)6-1-3-10-4-2-6/h6-7,9H,1-5,8H2. The Bertz CT molecular complexity index is 91.6. The molecule has 0 spiro atoms. The second-order valence-electron chi connectivity index (χ2n) is 2.75. The van der Waals surface area contributed by atoms with E-state index in [2.05, 4.69) is 0 Å². The van der Waals surface area contributed by atoms with Crippen LogP contribution in [-0.4, -0.2) is 31.0 Å². The van der Waals surface area contributed by atoms with Crippen molar-refractivity contribution in [3.8, 4) is 0 Å². The Morgan fingerprint density at radius 1 is 1.50 bits per heavy atom. The van der Waals surface area contributed by atoms with Crippen LogP contribution in [-0.2, 0) is 4.74 Å². The van der Waals surface area contributed by atoms with Gasteiger partial charge in [0.25, 0.3) is 0 Å². The molecule has 0 bridgehead atoms. The van der Waals surface area contributed by atoms with E-state index in [0.717, 1.165) is 26.1 Å². The monoisotopic (exact) mass is 145 g/mol. The molecule has 1 aliphatic rings. The molecule has 1 aliphatic heterocycles. The fourth-order valence-corrected chi connectivity index (χ4v) is 1.29. The Balaban J connectivity index is 2.24. The van der Waals surface area contributed by atoms with Crippen LogP contribution in [0.25, 0.3) is 0 Å². The second-order valence-corrected chi connectivity index (χ2v) is 2.75. The average molecular weight is 145 g/mol. The number of hydrogen-bond donors (Lipinski definition) is 2.